The van der Waals surface area contributed by atoms with Crippen molar-refractivity contribution in [2.24, 2.45) is 35.5 Å². The number of allylic oxidation sites excluding steroid dienone is 4. The molecule has 5 heteroatoms. The summed E-state index contributed by atoms with van der Waals surface area (Å²) >= 11 is 0. The van der Waals surface area contributed by atoms with Gasteiger partial charge in [-0.05, 0) is 190 Å². The van der Waals surface area contributed by atoms with Gasteiger partial charge < -0.3 is 23.7 Å². The molecule has 0 heterocycles. The van der Waals surface area contributed by atoms with Crippen LogP contribution in [0.1, 0.15) is 154 Å². The third kappa shape index (κ3) is 10.7. The number of hydrogen-bond acceptors (Lipinski definition) is 5. The molecule has 5 nitrogen and oxygen atoms in total. The van der Waals surface area contributed by atoms with Gasteiger partial charge in [0, 0.05) is 28.4 Å². The second-order valence-corrected chi connectivity index (χ2v) is 17.4. The Balaban J connectivity index is 0.990. The van der Waals surface area contributed by atoms with E-state index in [0.29, 0.717) is 36.6 Å². The second kappa shape index (κ2) is 19.4. The van der Waals surface area contributed by atoms with Gasteiger partial charge in [-0.25, -0.2) is 0 Å². The Bertz CT molecular complexity index is 858. The molecule has 0 unspecified atom stereocenters. The number of methoxy groups -OCH3 is 4. The van der Waals surface area contributed by atoms with E-state index in [1.807, 2.05) is 39.6 Å². The van der Waals surface area contributed by atoms with Crippen molar-refractivity contribution in [2.45, 2.75) is 191 Å². The van der Waals surface area contributed by atoms with E-state index in [4.69, 9.17) is 23.7 Å². The first-order valence-corrected chi connectivity index (χ1v) is 21.2. The van der Waals surface area contributed by atoms with Gasteiger partial charge in [0.05, 0.1) is 36.6 Å². The van der Waals surface area contributed by atoms with E-state index in [1.54, 1.807) is 0 Å². The summed E-state index contributed by atoms with van der Waals surface area (Å²) in [6.07, 6.45) is 39.1. The van der Waals surface area contributed by atoms with Gasteiger partial charge >= 0.3 is 0 Å². The highest BCUT2D eigenvalue weighted by Gasteiger charge is 2.35. The van der Waals surface area contributed by atoms with Gasteiger partial charge in [-0.3, -0.25) is 0 Å². The van der Waals surface area contributed by atoms with E-state index < -0.39 is 0 Å². The third-order valence-corrected chi connectivity index (χ3v) is 14.6. The summed E-state index contributed by atoms with van der Waals surface area (Å²) in [4.78, 5) is 0. The molecule has 0 N–H and O–H groups in total. The van der Waals surface area contributed by atoms with Gasteiger partial charge in [-0.1, -0.05) is 23.3 Å². The van der Waals surface area contributed by atoms with Gasteiger partial charge in [0.15, 0.2) is 0 Å². The molecule has 6 fully saturated rings. The van der Waals surface area contributed by atoms with Crippen molar-refractivity contribution in [2.75, 3.05) is 28.4 Å². The van der Waals surface area contributed by atoms with Crippen LogP contribution in [-0.4, -0.2) is 65.1 Å². The maximum atomic E-state index is 6.90. The molecule has 0 bridgehead atoms. The molecule has 0 saturated heterocycles. The Morgan fingerprint density at radius 2 is 0.531 bits per heavy atom. The van der Waals surface area contributed by atoms with Crippen LogP contribution in [0.2, 0.25) is 0 Å². The van der Waals surface area contributed by atoms with E-state index in [0.717, 1.165) is 35.5 Å². The SMILES string of the molecule is COC1CCC(C(=CC2CCC(OC3CCC(C=C(C4CCC(OC)CC4)C4CCC(OC)CC4)CC3)CC2)C2CCC(OC)CC2)CC1. The summed E-state index contributed by atoms with van der Waals surface area (Å²) in [6, 6.07) is 0. The maximum Gasteiger partial charge on any atom is 0.0579 e. The number of ether oxygens (including phenoxy) is 5. The highest BCUT2D eigenvalue weighted by Crippen LogP contribution is 2.45. The van der Waals surface area contributed by atoms with E-state index >= 15 is 0 Å². The van der Waals surface area contributed by atoms with Crippen LogP contribution in [0.5, 0.6) is 0 Å². The average molecular weight is 683 g/mol. The molecule has 49 heavy (non-hydrogen) atoms. The summed E-state index contributed by atoms with van der Waals surface area (Å²) in [6.45, 7) is 0. The summed E-state index contributed by atoms with van der Waals surface area (Å²) < 4.78 is 29.9. The molecule has 0 spiro atoms. The minimum atomic E-state index is 0.474. The van der Waals surface area contributed by atoms with E-state index in [1.165, 1.54) is 154 Å². The normalized spacial score (nSPS) is 40.7. The molecule has 6 aliphatic carbocycles. The first kappa shape index (κ1) is 38.0. The third-order valence-electron chi connectivity index (χ3n) is 14.6. The fourth-order valence-electron chi connectivity index (χ4n) is 11.3. The maximum absolute atomic E-state index is 6.90. The Kier molecular flexibility index (Phi) is 15.0. The van der Waals surface area contributed by atoms with Gasteiger partial charge in [0.1, 0.15) is 0 Å². The Morgan fingerprint density at radius 3 is 0.755 bits per heavy atom. The molecule has 6 rings (SSSR count). The zero-order valence-corrected chi connectivity index (χ0v) is 32.1. The van der Waals surface area contributed by atoms with Crippen LogP contribution < -0.4 is 0 Å². The zero-order valence-electron chi connectivity index (χ0n) is 32.1. The number of rotatable bonds is 12. The molecule has 0 aliphatic heterocycles. The molecule has 0 aromatic heterocycles. The minimum absolute atomic E-state index is 0.474. The van der Waals surface area contributed by atoms with E-state index in [-0.39, 0.29) is 0 Å². The van der Waals surface area contributed by atoms with Crippen LogP contribution in [0.4, 0.5) is 0 Å². The fourth-order valence-corrected chi connectivity index (χ4v) is 11.3. The molecular weight excluding hydrogens is 608 g/mol. The smallest absolute Gasteiger partial charge is 0.0579 e. The summed E-state index contributed by atoms with van der Waals surface area (Å²) in [5.74, 6) is 4.58. The molecule has 280 valence electrons. The van der Waals surface area contributed by atoms with Crippen LogP contribution in [-0.2, 0) is 23.7 Å². The predicted octanol–water partition coefficient (Wildman–Crippen LogP) is 10.8. The lowest BCUT2D eigenvalue weighted by molar-refractivity contribution is -0.0522. The van der Waals surface area contributed by atoms with Crippen LogP contribution in [0.15, 0.2) is 23.3 Å². The van der Waals surface area contributed by atoms with Crippen molar-refractivity contribution in [3.63, 3.8) is 0 Å². The molecule has 0 atom stereocenters. The Labute approximate surface area is 301 Å². The highest BCUT2D eigenvalue weighted by atomic mass is 16.5. The van der Waals surface area contributed by atoms with Crippen LogP contribution in [0.25, 0.3) is 0 Å². The molecule has 6 aliphatic rings. The highest BCUT2D eigenvalue weighted by molar-refractivity contribution is 5.17. The zero-order chi connectivity index (χ0) is 34.0. The first-order valence-electron chi connectivity index (χ1n) is 21.2. The van der Waals surface area contributed by atoms with Crippen molar-refractivity contribution in [1.82, 2.24) is 0 Å². The number of hydrogen-bond donors (Lipinski definition) is 0. The van der Waals surface area contributed by atoms with Crippen molar-refractivity contribution >= 4 is 0 Å². The van der Waals surface area contributed by atoms with Gasteiger partial charge in [0.25, 0.3) is 0 Å². The Hall–Kier alpha value is -0.720. The van der Waals surface area contributed by atoms with Gasteiger partial charge in [-0.2, -0.15) is 0 Å². The quantitative estimate of drug-likeness (QED) is 0.192. The first-order chi connectivity index (χ1) is 24.0. The largest absolute Gasteiger partial charge is 0.381 e. The molecule has 0 aromatic rings. The van der Waals surface area contributed by atoms with Gasteiger partial charge in [0.2, 0.25) is 0 Å². The summed E-state index contributed by atoms with van der Waals surface area (Å²) in [5, 5.41) is 0. The van der Waals surface area contributed by atoms with Crippen molar-refractivity contribution in [3.8, 4) is 0 Å². The van der Waals surface area contributed by atoms with E-state index in [2.05, 4.69) is 12.2 Å². The standard InChI is InChI=1S/C44H74O5/c1-45-37-21-9-33(10-22-37)43(34-11-23-38(46-2)24-12-34)29-31-5-17-41(18-6-31)49-42-19-7-32(8-20-42)30-44(35-13-25-39(47-3)26-14-35)36-15-27-40(48-4)28-16-36/h29-42H,5-28H2,1-4H3. The average Bonchev–Trinajstić information content (AvgIpc) is 3.17. The molecule has 6 saturated carbocycles. The predicted molar refractivity (Wildman–Crippen MR) is 200 cm³/mol. The van der Waals surface area contributed by atoms with Crippen molar-refractivity contribution in [3.05, 3.63) is 23.3 Å². The lowest BCUT2D eigenvalue weighted by Crippen LogP contribution is -2.31. The van der Waals surface area contributed by atoms with E-state index in [9.17, 15) is 0 Å². The fraction of sp³-hybridized carbons (Fsp3) is 0.909. The molecular formula is C44H74O5. The summed E-state index contributed by atoms with van der Waals surface area (Å²) in [5.41, 5.74) is 3.66. The molecule has 0 radical (unpaired) electrons. The lowest BCUT2D eigenvalue weighted by Gasteiger charge is -2.38. The Morgan fingerprint density at radius 1 is 0.306 bits per heavy atom. The van der Waals surface area contributed by atoms with Crippen molar-refractivity contribution < 1.29 is 23.7 Å². The molecule has 0 aromatic carbocycles. The minimum Gasteiger partial charge on any atom is -0.381 e. The second-order valence-electron chi connectivity index (χ2n) is 17.4. The monoisotopic (exact) mass is 683 g/mol. The van der Waals surface area contributed by atoms with Gasteiger partial charge in [-0.15, -0.1) is 0 Å². The van der Waals surface area contributed by atoms with Crippen LogP contribution in [0, 0.1) is 35.5 Å². The van der Waals surface area contributed by atoms with Crippen LogP contribution >= 0.6 is 0 Å². The van der Waals surface area contributed by atoms with Crippen LogP contribution in [0.3, 0.4) is 0 Å². The topological polar surface area (TPSA) is 46.2 Å². The van der Waals surface area contributed by atoms with Crippen molar-refractivity contribution in [1.29, 1.82) is 0 Å². The summed E-state index contributed by atoms with van der Waals surface area (Å²) in [7, 11) is 7.61. The molecule has 0 amide bonds. The lowest BCUT2D eigenvalue weighted by atomic mass is 9.71.